The molecular weight excluding hydrogens is 346 g/mol. The molecule has 0 spiro atoms. The summed E-state index contributed by atoms with van der Waals surface area (Å²) in [5.74, 6) is 0.711. The van der Waals surface area contributed by atoms with Crippen LogP contribution in [0.15, 0.2) is 30.5 Å². The standard InChI is InChI=1S/C18H19N7O2/c26-17(20-11-3-4-11)13-5-6-14-16(21-13)25(12-7-9-24(14)10-12)18(27)22-15-2-1-8-19-23-15/h1-2,5-6,8,11-12H,3-4,7,9-10H2,(H,20,26)(H,22,23,27)/t12-/m0/s1. The van der Waals surface area contributed by atoms with Gasteiger partial charge in [-0.25, -0.2) is 9.78 Å². The van der Waals surface area contributed by atoms with Gasteiger partial charge in [0.25, 0.3) is 5.91 Å². The van der Waals surface area contributed by atoms with Crippen molar-refractivity contribution in [3.05, 3.63) is 36.2 Å². The fraction of sp³-hybridized carbons (Fsp3) is 0.389. The van der Waals surface area contributed by atoms with Gasteiger partial charge in [-0.2, -0.15) is 5.10 Å². The number of urea groups is 1. The van der Waals surface area contributed by atoms with Crippen molar-refractivity contribution in [2.24, 2.45) is 0 Å². The summed E-state index contributed by atoms with van der Waals surface area (Å²) in [5, 5.41) is 13.4. The Morgan fingerprint density at radius 3 is 2.81 bits per heavy atom. The molecule has 27 heavy (non-hydrogen) atoms. The molecule has 1 atom stereocenters. The van der Waals surface area contributed by atoms with E-state index in [-0.39, 0.29) is 24.0 Å². The van der Waals surface area contributed by atoms with Crippen molar-refractivity contribution in [3.63, 3.8) is 0 Å². The first kappa shape index (κ1) is 16.0. The van der Waals surface area contributed by atoms with Gasteiger partial charge in [-0.1, -0.05) is 0 Å². The molecule has 0 aromatic carbocycles. The van der Waals surface area contributed by atoms with Gasteiger partial charge in [0.2, 0.25) is 0 Å². The molecule has 2 aromatic rings. The van der Waals surface area contributed by atoms with E-state index in [1.807, 2.05) is 6.07 Å². The van der Waals surface area contributed by atoms with Crippen LogP contribution in [0.4, 0.5) is 22.1 Å². The minimum absolute atomic E-state index is 0.0171. The predicted octanol–water partition coefficient (Wildman–Crippen LogP) is 1.39. The SMILES string of the molecule is O=C(NC1CC1)c1ccc2c(n1)N(C(=O)Nc1cccnn1)[C@H]1CCN2C1. The topological polar surface area (TPSA) is 103 Å². The van der Waals surface area contributed by atoms with E-state index in [0.29, 0.717) is 17.3 Å². The third kappa shape index (κ3) is 2.94. The van der Waals surface area contributed by atoms with Crippen LogP contribution in [0.3, 0.4) is 0 Å². The zero-order valence-electron chi connectivity index (χ0n) is 14.6. The lowest BCUT2D eigenvalue weighted by atomic mass is 10.1. The number of nitrogens with one attached hydrogen (secondary N) is 2. The predicted molar refractivity (Wildman–Crippen MR) is 98.9 cm³/mol. The van der Waals surface area contributed by atoms with Crippen molar-refractivity contribution in [1.29, 1.82) is 0 Å². The average molecular weight is 365 g/mol. The summed E-state index contributed by atoms with van der Waals surface area (Å²) in [6.07, 6.45) is 4.43. The molecule has 5 rings (SSSR count). The van der Waals surface area contributed by atoms with Crippen LogP contribution in [-0.4, -0.2) is 52.3 Å². The van der Waals surface area contributed by atoms with Crippen LogP contribution in [0, 0.1) is 0 Å². The monoisotopic (exact) mass is 365 g/mol. The first-order chi connectivity index (χ1) is 13.2. The summed E-state index contributed by atoms with van der Waals surface area (Å²) in [4.78, 5) is 33.8. The lowest BCUT2D eigenvalue weighted by Crippen LogP contribution is -2.48. The van der Waals surface area contributed by atoms with Gasteiger partial charge in [0.15, 0.2) is 11.6 Å². The Hall–Kier alpha value is -3.23. The Kier molecular flexibility index (Phi) is 3.66. The molecule has 2 N–H and O–H groups in total. The van der Waals surface area contributed by atoms with Crippen LogP contribution in [0.5, 0.6) is 0 Å². The molecule has 138 valence electrons. The molecular formula is C18H19N7O2. The quantitative estimate of drug-likeness (QED) is 0.852. The second-order valence-corrected chi connectivity index (χ2v) is 7.08. The van der Waals surface area contributed by atoms with Gasteiger partial charge in [0.05, 0.1) is 11.7 Å². The Bertz CT molecular complexity index is 900. The first-order valence-electron chi connectivity index (χ1n) is 9.14. The van der Waals surface area contributed by atoms with E-state index in [9.17, 15) is 9.59 Å². The smallest absolute Gasteiger partial charge is 0.329 e. The van der Waals surface area contributed by atoms with Gasteiger partial charge < -0.3 is 10.2 Å². The van der Waals surface area contributed by atoms with Crippen LogP contribution < -0.4 is 20.4 Å². The van der Waals surface area contributed by atoms with Crippen LogP contribution in [-0.2, 0) is 0 Å². The van der Waals surface area contributed by atoms with Gasteiger partial charge >= 0.3 is 6.03 Å². The molecule has 1 aliphatic carbocycles. The number of nitrogens with zero attached hydrogens (tertiary/aromatic N) is 5. The highest BCUT2D eigenvalue weighted by Gasteiger charge is 2.40. The maximum absolute atomic E-state index is 13.0. The number of carbonyl (C=O) groups excluding carboxylic acids is 2. The normalized spacial score (nSPS) is 20.2. The molecule has 0 radical (unpaired) electrons. The lowest BCUT2D eigenvalue weighted by Gasteiger charge is -2.35. The van der Waals surface area contributed by atoms with Gasteiger partial charge in [-0.15, -0.1) is 5.10 Å². The highest BCUT2D eigenvalue weighted by molar-refractivity contribution is 6.05. The van der Waals surface area contributed by atoms with Crippen molar-refractivity contribution < 1.29 is 9.59 Å². The van der Waals surface area contributed by atoms with E-state index in [2.05, 4.69) is 30.7 Å². The molecule has 4 heterocycles. The number of hydrogen-bond donors (Lipinski definition) is 2. The molecule has 2 aliphatic heterocycles. The number of carbonyl (C=O) groups is 2. The molecule has 1 saturated heterocycles. The molecule has 2 aromatic heterocycles. The molecule has 2 fully saturated rings. The Morgan fingerprint density at radius 2 is 2.04 bits per heavy atom. The number of amides is 3. The summed E-state index contributed by atoms with van der Waals surface area (Å²) < 4.78 is 0. The Balaban J connectivity index is 1.47. The highest BCUT2D eigenvalue weighted by Crippen LogP contribution is 2.39. The zero-order valence-corrected chi connectivity index (χ0v) is 14.6. The number of aromatic nitrogens is 3. The number of anilines is 3. The summed E-state index contributed by atoms with van der Waals surface area (Å²) in [5.41, 5.74) is 1.21. The number of fused-ring (bicyclic) bond motifs is 4. The van der Waals surface area contributed by atoms with Crippen LogP contribution in [0.1, 0.15) is 29.8 Å². The molecule has 9 heteroatoms. The summed E-state index contributed by atoms with van der Waals surface area (Å²) in [6.45, 7) is 1.62. The second kappa shape index (κ2) is 6.19. The largest absolute Gasteiger partial charge is 0.366 e. The van der Waals surface area contributed by atoms with E-state index in [1.165, 1.54) is 0 Å². The maximum Gasteiger partial charge on any atom is 0.329 e. The summed E-state index contributed by atoms with van der Waals surface area (Å²) in [6, 6.07) is 6.97. The van der Waals surface area contributed by atoms with E-state index in [1.54, 1.807) is 29.3 Å². The molecule has 2 bridgehead atoms. The number of hydrogen-bond acceptors (Lipinski definition) is 6. The molecule has 3 aliphatic rings. The van der Waals surface area contributed by atoms with Crippen molar-refractivity contribution in [3.8, 4) is 0 Å². The van der Waals surface area contributed by atoms with E-state index >= 15 is 0 Å². The van der Waals surface area contributed by atoms with Crippen molar-refractivity contribution >= 4 is 29.3 Å². The fourth-order valence-corrected chi connectivity index (χ4v) is 3.62. The van der Waals surface area contributed by atoms with Crippen molar-refractivity contribution in [1.82, 2.24) is 20.5 Å². The Labute approximate surface area is 155 Å². The highest BCUT2D eigenvalue weighted by atomic mass is 16.2. The van der Waals surface area contributed by atoms with Crippen molar-refractivity contribution in [2.45, 2.75) is 31.3 Å². The molecule has 0 unspecified atom stereocenters. The molecule has 1 saturated carbocycles. The summed E-state index contributed by atoms with van der Waals surface area (Å²) in [7, 11) is 0. The average Bonchev–Trinajstić information content (AvgIpc) is 3.40. The minimum atomic E-state index is -0.310. The van der Waals surface area contributed by atoms with Gasteiger partial charge in [0, 0.05) is 25.3 Å². The second-order valence-electron chi connectivity index (χ2n) is 7.08. The van der Waals surface area contributed by atoms with E-state index < -0.39 is 0 Å². The number of rotatable bonds is 3. The van der Waals surface area contributed by atoms with Crippen molar-refractivity contribution in [2.75, 3.05) is 28.2 Å². The van der Waals surface area contributed by atoms with E-state index in [4.69, 9.17) is 0 Å². The molecule has 3 amide bonds. The van der Waals surface area contributed by atoms with E-state index in [0.717, 1.165) is 38.0 Å². The lowest BCUT2D eigenvalue weighted by molar-refractivity contribution is 0.0946. The van der Waals surface area contributed by atoms with Crippen LogP contribution >= 0.6 is 0 Å². The third-order valence-electron chi connectivity index (χ3n) is 5.12. The summed E-state index contributed by atoms with van der Waals surface area (Å²) >= 11 is 0. The fourth-order valence-electron chi connectivity index (χ4n) is 3.62. The maximum atomic E-state index is 13.0. The first-order valence-corrected chi connectivity index (χ1v) is 9.14. The van der Waals surface area contributed by atoms with Gasteiger partial charge in [0.1, 0.15) is 5.69 Å². The van der Waals surface area contributed by atoms with Crippen LogP contribution in [0.2, 0.25) is 0 Å². The zero-order chi connectivity index (χ0) is 18.4. The van der Waals surface area contributed by atoms with Gasteiger partial charge in [-0.3, -0.25) is 15.0 Å². The Morgan fingerprint density at radius 1 is 1.15 bits per heavy atom. The minimum Gasteiger partial charge on any atom is -0.366 e. The molecule has 9 nitrogen and oxygen atoms in total. The van der Waals surface area contributed by atoms with Crippen LogP contribution in [0.25, 0.3) is 0 Å². The number of pyridine rings is 1. The van der Waals surface area contributed by atoms with Gasteiger partial charge in [-0.05, 0) is 43.5 Å². The third-order valence-corrected chi connectivity index (χ3v) is 5.12.